The number of hydrogen-bond acceptors (Lipinski definition) is 0. The lowest BCUT2D eigenvalue weighted by Crippen LogP contribution is -2.44. The van der Waals surface area contributed by atoms with Crippen molar-refractivity contribution >= 4 is 0 Å². The molecular weight excluding hydrogens is 192 g/mol. The van der Waals surface area contributed by atoms with Gasteiger partial charge >= 0.3 is 0 Å². The Balaban J connectivity index is 2.55. The molecule has 0 aromatic heterocycles. The predicted octanol–water partition coefficient (Wildman–Crippen LogP) is 5.38. The van der Waals surface area contributed by atoms with E-state index in [1.807, 2.05) is 0 Å². The minimum absolute atomic E-state index is 0.496. The van der Waals surface area contributed by atoms with Crippen molar-refractivity contribution in [2.45, 2.75) is 67.7 Å². The molecule has 0 radical (unpaired) electrons. The second-order valence-corrected chi connectivity index (χ2v) is 7.07. The summed E-state index contributed by atoms with van der Waals surface area (Å²) in [5.74, 6) is 4.64. The maximum Gasteiger partial charge on any atom is -0.0303 e. The maximum absolute atomic E-state index is 2.49. The molecule has 0 aromatic rings. The Kier molecular flexibility index (Phi) is 4.49. The van der Waals surface area contributed by atoms with Crippen molar-refractivity contribution in [3.05, 3.63) is 0 Å². The van der Waals surface area contributed by atoms with Crippen LogP contribution in [0.1, 0.15) is 67.7 Å². The predicted molar refractivity (Wildman–Crippen MR) is 73.5 cm³/mol. The van der Waals surface area contributed by atoms with Gasteiger partial charge in [0.25, 0.3) is 0 Å². The minimum Gasteiger partial charge on any atom is -0.0654 e. The molecule has 0 amide bonds. The SMILES string of the molecule is CCCC1CC(C(C)C(C)(C)C(C)C)C1C. The van der Waals surface area contributed by atoms with Gasteiger partial charge in [0.1, 0.15) is 0 Å². The first kappa shape index (κ1) is 14.1. The topological polar surface area (TPSA) is 0 Å². The number of hydrogen-bond donors (Lipinski definition) is 0. The van der Waals surface area contributed by atoms with Gasteiger partial charge in [0.05, 0.1) is 0 Å². The molecule has 1 aliphatic rings. The fourth-order valence-electron chi connectivity index (χ4n) is 3.42. The monoisotopic (exact) mass is 224 g/mol. The molecule has 0 N–H and O–H groups in total. The second kappa shape index (κ2) is 5.10. The van der Waals surface area contributed by atoms with Gasteiger partial charge in [-0.15, -0.1) is 0 Å². The van der Waals surface area contributed by atoms with Gasteiger partial charge in [0.2, 0.25) is 0 Å². The molecule has 0 heteroatoms. The first-order chi connectivity index (χ1) is 7.32. The molecule has 1 rings (SSSR count). The van der Waals surface area contributed by atoms with E-state index in [1.165, 1.54) is 19.3 Å². The molecule has 0 aromatic carbocycles. The van der Waals surface area contributed by atoms with Crippen LogP contribution in [-0.4, -0.2) is 0 Å². The van der Waals surface area contributed by atoms with Gasteiger partial charge in [-0.3, -0.25) is 0 Å². The third-order valence-electron chi connectivity index (χ3n) is 5.96. The van der Waals surface area contributed by atoms with Gasteiger partial charge in [-0.25, -0.2) is 0 Å². The highest BCUT2D eigenvalue weighted by Crippen LogP contribution is 2.52. The van der Waals surface area contributed by atoms with E-state index in [1.54, 1.807) is 0 Å². The summed E-state index contributed by atoms with van der Waals surface area (Å²) >= 11 is 0. The van der Waals surface area contributed by atoms with Crippen molar-refractivity contribution in [1.82, 2.24) is 0 Å². The van der Waals surface area contributed by atoms with Crippen molar-refractivity contribution in [2.24, 2.45) is 35.0 Å². The first-order valence-electron chi connectivity index (χ1n) is 7.32. The fraction of sp³-hybridized carbons (Fsp3) is 1.00. The second-order valence-electron chi connectivity index (χ2n) is 7.07. The van der Waals surface area contributed by atoms with Crippen LogP contribution in [0, 0.1) is 35.0 Å². The lowest BCUT2D eigenvalue weighted by atomic mass is 9.53. The lowest BCUT2D eigenvalue weighted by molar-refractivity contribution is -0.0275. The first-order valence-corrected chi connectivity index (χ1v) is 7.32. The zero-order valence-corrected chi connectivity index (χ0v) is 12.5. The minimum atomic E-state index is 0.496. The van der Waals surface area contributed by atoms with E-state index in [9.17, 15) is 0 Å². The van der Waals surface area contributed by atoms with Crippen LogP contribution < -0.4 is 0 Å². The summed E-state index contributed by atoms with van der Waals surface area (Å²) in [6, 6.07) is 0. The highest BCUT2D eigenvalue weighted by molar-refractivity contribution is 4.94. The molecule has 4 unspecified atom stereocenters. The van der Waals surface area contributed by atoms with Crippen LogP contribution in [0.4, 0.5) is 0 Å². The van der Waals surface area contributed by atoms with Crippen molar-refractivity contribution in [1.29, 1.82) is 0 Å². The zero-order valence-electron chi connectivity index (χ0n) is 12.5. The van der Waals surface area contributed by atoms with Crippen molar-refractivity contribution < 1.29 is 0 Å². The molecule has 1 aliphatic carbocycles. The van der Waals surface area contributed by atoms with Crippen LogP contribution in [0.5, 0.6) is 0 Å². The Bertz CT molecular complexity index is 214. The van der Waals surface area contributed by atoms with Gasteiger partial charge < -0.3 is 0 Å². The van der Waals surface area contributed by atoms with Crippen molar-refractivity contribution in [3.8, 4) is 0 Å². The van der Waals surface area contributed by atoms with Crippen molar-refractivity contribution in [2.75, 3.05) is 0 Å². The van der Waals surface area contributed by atoms with Crippen LogP contribution in [0.15, 0.2) is 0 Å². The average molecular weight is 224 g/mol. The van der Waals surface area contributed by atoms with Gasteiger partial charge in [-0.1, -0.05) is 61.3 Å². The van der Waals surface area contributed by atoms with Crippen LogP contribution in [-0.2, 0) is 0 Å². The molecule has 4 atom stereocenters. The average Bonchev–Trinajstić information content (AvgIpc) is 2.21. The third-order valence-corrected chi connectivity index (χ3v) is 5.96. The Morgan fingerprint density at radius 2 is 1.75 bits per heavy atom. The van der Waals surface area contributed by atoms with Gasteiger partial charge in [0, 0.05) is 0 Å². The standard InChI is InChI=1S/C16H32/c1-8-9-14-10-15(12(14)4)13(5)16(6,7)11(2)3/h11-15H,8-10H2,1-7H3. The smallest absolute Gasteiger partial charge is 0.0303 e. The van der Waals surface area contributed by atoms with Gasteiger partial charge in [-0.05, 0) is 41.4 Å². The molecule has 1 saturated carbocycles. The summed E-state index contributed by atoms with van der Waals surface area (Å²) in [6.45, 7) is 17.0. The van der Waals surface area contributed by atoms with Crippen LogP contribution in [0.25, 0.3) is 0 Å². The maximum atomic E-state index is 2.49. The molecule has 1 fully saturated rings. The van der Waals surface area contributed by atoms with Gasteiger partial charge in [-0.2, -0.15) is 0 Å². The third kappa shape index (κ3) is 2.46. The zero-order chi connectivity index (χ0) is 12.5. The Labute approximate surface area is 103 Å². The van der Waals surface area contributed by atoms with E-state index in [4.69, 9.17) is 0 Å². The molecule has 0 nitrogen and oxygen atoms in total. The molecule has 96 valence electrons. The van der Waals surface area contributed by atoms with E-state index in [0.29, 0.717) is 5.41 Å². The Hall–Kier alpha value is 0. The summed E-state index contributed by atoms with van der Waals surface area (Å²) in [7, 11) is 0. The lowest BCUT2D eigenvalue weighted by Gasteiger charge is -2.52. The van der Waals surface area contributed by atoms with Crippen LogP contribution >= 0.6 is 0 Å². The van der Waals surface area contributed by atoms with E-state index >= 15 is 0 Å². The molecule has 16 heavy (non-hydrogen) atoms. The Morgan fingerprint density at radius 3 is 2.12 bits per heavy atom. The summed E-state index contributed by atoms with van der Waals surface area (Å²) < 4.78 is 0. The van der Waals surface area contributed by atoms with Gasteiger partial charge in [0.15, 0.2) is 0 Å². The van der Waals surface area contributed by atoms with E-state index < -0.39 is 0 Å². The molecule has 0 heterocycles. The summed E-state index contributed by atoms with van der Waals surface area (Å²) in [5, 5.41) is 0. The van der Waals surface area contributed by atoms with Crippen molar-refractivity contribution in [3.63, 3.8) is 0 Å². The summed E-state index contributed by atoms with van der Waals surface area (Å²) in [5.41, 5.74) is 0.496. The molecule has 0 saturated heterocycles. The molecule has 0 bridgehead atoms. The summed E-state index contributed by atoms with van der Waals surface area (Å²) in [4.78, 5) is 0. The highest BCUT2D eigenvalue weighted by atomic mass is 14.5. The van der Waals surface area contributed by atoms with E-state index in [0.717, 1.165) is 29.6 Å². The van der Waals surface area contributed by atoms with Crippen LogP contribution in [0.3, 0.4) is 0 Å². The van der Waals surface area contributed by atoms with Crippen LogP contribution in [0.2, 0.25) is 0 Å². The van der Waals surface area contributed by atoms with E-state index in [-0.39, 0.29) is 0 Å². The molecule has 0 spiro atoms. The normalized spacial score (nSPS) is 32.6. The molecular formula is C16H32. The Morgan fingerprint density at radius 1 is 1.19 bits per heavy atom. The molecule has 0 aliphatic heterocycles. The highest BCUT2D eigenvalue weighted by Gasteiger charge is 2.45. The summed E-state index contributed by atoms with van der Waals surface area (Å²) in [6.07, 6.45) is 4.31. The quantitative estimate of drug-likeness (QED) is 0.588. The largest absolute Gasteiger partial charge is 0.0654 e. The number of rotatable bonds is 5. The fourth-order valence-corrected chi connectivity index (χ4v) is 3.42. The van der Waals surface area contributed by atoms with E-state index in [2.05, 4.69) is 48.5 Å².